The molecule has 0 aromatic heterocycles. The summed E-state index contributed by atoms with van der Waals surface area (Å²) in [6, 6.07) is 15.3. The molecule has 0 radical (unpaired) electrons. The Labute approximate surface area is 159 Å². The highest BCUT2D eigenvalue weighted by atomic mass is 16.5. The Morgan fingerprint density at radius 2 is 1.27 bits per heavy atom. The van der Waals surface area contributed by atoms with Crippen LogP contribution >= 0.6 is 0 Å². The molecule has 1 N–H and O–H groups in total. The van der Waals surface area contributed by atoms with Crippen molar-refractivity contribution in [3.05, 3.63) is 54.1 Å². The molecule has 2 nitrogen and oxygen atoms in total. The lowest BCUT2D eigenvalue weighted by Gasteiger charge is -2.08. The van der Waals surface area contributed by atoms with E-state index in [1.54, 1.807) is 18.2 Å². The van der Waals surface area contributed by atoms with Gasteiger partial charge in [-0.1, -0.05) is 89.0 Å². The Balaban J connectivity index is 1.57. The van der Waals surface area contributed by atoms with Gasteiger partial charge in [-0.2, -0.15) is 0 Å². The van der Waals surface area contributed by atoms with Gasteiger partial charge in [0, 0.05) is 0 Å². The van der Waals surface area contributed by atoms with Crippen LogP contribution in [-0.2, 0) is 6.42 Å². The third-order valence-electron chi connectivity index (χ3n) is 4.84. The number of ether oxygens (including phenoxy) is 1. The average molecular weight is 355 g/mol. The van der Waals surface area contributed by atoms with Gasteiger partial charge >= 0.3 is 0 Å². The van der Waals surface area contributed by atoms with Crippen molar-refractivity contribution in [3.63, 3.8) is 0 Å². The van der Waals surface area contributed by atoms with E-state index >= 15 is 0 Å². The second kappa shape index (κ2) is 12.4. The predicted molar refractivity (Wildman–Crippen MR) is 110 cm³/mol. The summed E-state index contributed by atoms with van der Waals surface area (Å²) in [5.41, 5.74) is 1.36. The number of benzene rings is 2. The van der Waals surface area contributed by atoms with Gasteiger partial charge in [0.1, 0.15) is 5.75 Å². The van der Waals surface area contributed by atoms with Gasteiger partial charge in [0.15, 0.2) is 11.5 Å². The molecule has 2 heteroatoms. The number of phenolic OH excluding ortho intramolecular Hbond substituents is 1. The lowest BCUT2D eigenvalue weighted by atomic mass is 10.0. The van der Waals surface area contributed by atoms with Gasteiger partial charge in [-0.05, 0) is 42.7 Å². The number of aromatic hydroxyl groups is 1. The first kappa shape index (κ1) is 20.4. The van der Waals surface area contributed by atoms with Gasteiger partial charge in [-0.15, -0.1) is 0 Å². The van der Waals surface area contributed by atoms with Crippen molar-refractivity contribution in [1.29, 1.82) is 0 Å². The van der Waals surface area contributed by atoms with Crippen molar-refractivity contribution >= 4 is 0 Å². The fourth-order valence-corrected chi connectivity index (χ4v) is 3.21. The van der Waals surface area contributed by atoms with Crippen LogP contribution in [0.4, 0.5) is 0 Å². The number of hydrogen-bond donors (Lipinski definition) is 1. The largest absolute Gasteiger partial charge is 0.504 e. The maximum Gasteiger partial charge on any atom is 0.169 e. The zero-order valence-electron chi connectivity index (χ0n) is 16.3. The predicted octanol–water partition coefficient (Wildman–Crippen LogP) is 7.65. The zero-order chi connectivity index (χ0) is 18.5. The standard InChI is InChI=1S/C24H34O2/c1-2-3-4-5-6-7-8-9-10-11-14-21-17-19-22(20-18-21)26-24-16-13-12-15-23(24)25/h12-13,15-20,25H,2-11,14H2,1H3. The fraction of sp³-hybridized carbons (Fsp3) is 0.500. The lowest BCUT2D eigenvalue weighted by molar-refractivity contribution is 0.411. The minimum Gasteiger partial charge on any atom is -0.504 e. The minimum absolute atomic E-state index is 0.168. The van der Waals surface area contributed by atoms with E-state index in [1.807, 2.05) is 18.2 Å². The van der Waals surface area contributed by atoms with Crippen molar-refractivity contribution < 1.29 is 9.84 Å². The van der Waals surface area contributed by atoms with Gasteiger partial charge < -0.3 is 9.84 Å². The monoisotopic (exact) mass is 354 g/mol. The maximum absolute atomic E-state index is 9.76. The number of aryl methyl sites for hydroxylation is 1. The Bertz CT molecular complexity index is 604. The quantitative estimate of drug-likeness (QED) is 0.374. The fourth-order valence-electron chi connectivity index (χ4n) is 3.21. The molecule has 0 aliphatic rings. The summed E-state index contributed by atoms with van der Waals surface area (Å²) in [4.78, 5) is 0. The highest BCUT2D eigenvalue weighted by Gasteiger charge is 2.02. The highest BCUT2D eigenvalue weighted by molar-refractivity contribution is 5.41. The van der Waals surface area contributed by atoms with E-state index in [2.05, 4.69) is 19.1 Å². The van der Waals surface area contributed by atoms with E-state index in [-0.39, 0.29) is 5.75 Å². The second-order valence-electron chi connectivity index (χ2n) is 7.15. The van der Waals surface area contributed by atoms with Crippen LogP contribution in [0.5, 0.6) is 17.2 Å². The molecule has 0 atom stereocenters. The van der Waals surface area contributed by atoms with Gasteiger partial charge in [0.25, 0.3) is 0 Å². The van der Waals surface area contributed by atoms with Gasteiger partial charge in [0.05, 0.1) is 0 Å². The molecule has 2 aromatic rings. The molecule has 2 aromatic carbocycles. The van der Waals surface area contributed by atoms with Crippen molar-refractivity contribution in [2.75, 3.05) is 0 Å². The summed E-state index contributed by atoms with van der Waals surface area (Å²) in [7, 11) is 0. The average Bonchev–Trinajstić information content (AvgIpc) is 2.66. The Morgan fingerprint density at radius 1 is 0.692 bits per heavy atom. The summed E-state index contributed by atoms with van der Waals surface area (Å²) in [5.74, 6) is 1.43. The SMILES string of the molecule is CCCCCCCCCCCCc1ccc(Oc2ccccc2O)cc1. The maximum atomic E-state index is 9.76. The van der Waals surface area contributed by atoms with E-state index in [4.69, 9.17) is 4.74 Å². The van der Waals surface area contributed by atoms with E-state index in [0.29, 0.717) is 5.75 Å². The highest BCUT2D eigenvalue weighted by Crippen LogP contribution is 2.30. The number of hydrogen-bond acceptors (Lipinski definition) is 2. The number of phenols is 1. The normalized spacial score (nSPS) is 10.8. The summed E-state index contributed by atoms with van der Waals surface area (Å²) in [6.45, 7) is 2.27. The smallest absolute Gasteiger partial charge is 0.169 e. The van der Waals surface area contributed by atoms with Crippen LogP contribution in [0.2, 0.25) is 0 Å². The van der Waals surface area contributed by atoms with Crippen molar-refractivity contribution in [3.8, 4) is 17.2 Å². The first-order chi connectivity index (χ1) is 12.8. The first-order valence-corrected chi connectivity index (χ1v) is 10.3. The van der Waals surface area contributed by atoms with E-state index in [1.165, 1.54) is 69.8 Å². The van der Waals surface area contributed by atoms with Crippen LogP contribution in [0.15, 0.2) is 48.5 Å². The molecule has 0 saturated heterocycles. The van der Waals surface area contributed by atoms with Crippen LogP contribution < -0.4 is 4.74 Å². The number of unbranched alkanes of at least 4 members (excludes halogenated alkanes) is 9. The Kier molecular flexibility index (Phi) is 9.71. The van der Waals surface area contributed by atoms with E-state index < -0.39 is 0 Å². The number of para-hydroxylation sites is 2. The van der Waals surface area contributed by atoms with Gasteiger partial charge in [-0.3, -0.25) is 0 Å². The molecule has 0 bridgehead atoms. The molecule has 0 aliphatic carbocycles. The molecule has 0 unspecified atom stereocenters. The summed E-state index contributed by atoms with van der Waals surface area (Å²) in [5, 5.41) is 9.76. The topological polar surface area (TPSA) is 29.5 Å². The third kappa shape index (κ3) is 7.95. The molecule has 0 aliphatic heterocycles. The minimum atomic E-state index is 0.168. The van der Waals surface area contributed by atoms with Gasteiger partial charge in [-0.25, -0.2) is 0 Å². The van der Waals surface area contributed by atoms with Crippen LogP contribution in [-0.4, -0.2) is 5.11 Å². The summed E-state index contributed by atoms with van der Waals surface area (Å²) >= 11 is 0. The second-order valence-corrected chi connectivity index (χ2v) is 7.15. The third-order valence-corrected chi connectivity index (χ3v) is 4.84. The first-order valence-electron chi connectivity index (χ1n) is 10.3. The van der Waals surface area contributed by atoms with E-state index in [9.17, 15) is 5.11 Å². The summed E-state index contributed by atoms with van der Waals surface area (Å²) in [6.07, 6.45) is 14.9. The Morgan fingerprint density at radius 3 is 1.88 bits per heavy atom. The van der Waals surface area contributed by atoms with Crippen molar-refractivity contribution in [2.45, 2.75) is 77.6 Å². The Hall–Kier alpha value is -1.96. The molecular formula is C24H34O2. The van der Waals surface area contributed by atoms with Crippen molar-refractivity contribution in [2.24, 2.45) is 0 Å². The van der Waals surface area contributed by atoms with Gasteiger partial charge in [0.2, 0.25) is 0 Å². The molecule has 0 saturated carbocycles. The lowest BCUT2D eigenvalue weighted by Crippen LogP contribution is -1.88. The molecule has 0 fully saturated rings. The molecule has 0 amide bonds. The molecule has 0 spiro atoms. The van der Waals surface area contributed by atoms with Crippen LogP contribution in [0.3, 0.4) is 0 Å². The zero-order valence-corrected chi connectivity index (χ0v) is 16.3. The van der Waals surface area contributed by atoms with Crippen LogP contribution in [0.25, 0.3) is 0 Å². The molecule has 26 heavy (non-hydrogen) atoms. The van der Waals surface area contributed by atoms with Crippen LogP contribution in [0.1, 0.15) is 76.7 Å². The van der Waals surface area contributed by atoms with Crippen LogP contribution in [0, 0.1) is 0 Å². The van der Waals surface area contributed by atoms with Crippen molar-refractivity contribution in [1.82, 2.24) is 0 Å². The molecular weight excluding hydrogens is 320 g/mol. The molecule has 0 heterocycles. The molecule has 2 rings (SSSR count). The summed E-state index contributed by atoms with van der Waals surface area (Å²) < 4.78 is 5.72. The number of rotatable bonds is 13. The van der Waals surface area contributed by atoms with E-state index in [0.717, 1.165) is 12.2 Å². The molecule has 142 valence electrons.